The lowest BCUT2D eigenvalue weighted by Gasteiger charge is -2.14. The highest BCUT2D eigenvalue weighted by Gasteiger charge is 2.34. The maximum absolute atomic E-state index is 13.2. The molecule has 0 N–H and O–H groups in total. The summed E-state index contributed by atoms with van der Waals surface area (Å²) in [6.07, 6.45) is 0. The molecule has 0 atom stereocenters. The van der Waals surface area contributed by atoms with E-state index in [1.807, 2.05) is 0 Å². The quantitative estimate of drug-likeness (QED) is 0.593. The molecule has 7 heteroatoms. The third-order valence-corrected chi connectivity index (χ3v) is 4.27. The second kappa shape index (κ2) is 6.52. The molecule has 5 nitrogen and oxygen atoms in total. The molecule has 0 radical (unpaired) electrons. The average Bonchev–Trinajstić information content (AvgIpc) is 2.82. The van der Waals surface area contributed by atoms with Gasteiger partial charge in [0.2, 0.25) is 0 Å². The van der Waals surface area contributed by atoms with E-state index in [0.717, 1.165) is 11.0 Å². The number of carbonyl (C=O) groups is 3. The Morgan fingerprint density at radius 3 is 2.33 bits per heavy atom. The summed E-state index contributed by atoms with van der Waals surface area (Å²) in [7, 11) is 0. The third kappa shape index (κ3) is 2.94. The molecule has 0 spiro atoms. The summed E-state index contributed by atoms with van der Waals surface area (Å²) < 4.78 is 18.6. The highest BCUT2D eigenvalue weighted by Crippen LogP contribution is 2.22. The Balaban J connectivity index is 1.63. The van der Waals surface area contributed by atoms with Gasteiger partial charge in [-0.15, -0.1) is 0 Å². The minimum absolute atomic E-state index is 0.0392. The predicted molar refractivity (Wildman–Crippen MR) is 86.2 cm³/mol. The van der Waals surface area contributed by atoms with Crippen molar-refractivity contribution in [2.24, 2.45) is 0 Å². The molecule has 0 unspecified atom stereocenters. The topological polar surface area (TPSA) is 63.7 Å². The van der Waals surface area contributed by atoms with Crippen molar-refractivity contribution in [2.75, 3.05) is 13.2 Å². The van der Waals surface area contributed by atoms with Crippen LogP contribution in [0.15, 0.2) is 46.9 Å². The Bertz CT molecular complexity index is 817. The zero-order chi connectivity index (χ0) is 17.3. The van der Waals surface area contributed by atoms with Crippen LogP contribution in [0.3, 0.4) is 0 Å². The van der Waals surface area contributed by atoms with Gasteiger partial charge in [-0.3, -0.25) is 14.5 Å². The second-order valence-corrected chi connectivity index (χ2v) is 5.92. The molecule has 0 saturated heterocycles. The van der Waals surface area contributed by atoms with E-state index in [-0.39, 0.29) is 18.7 Å². The Morgan fingerprint density at radius 1 is 1.08 bits per heavy atom. The SMILES string of the molecule is O=C(OCCN1C(=O)c2ccccc2C1=O)c1cc(F)ccc1Br. The van der Waals surface area contributed by atoms with E-state index in [2.05, 4.69) is 15.9 Å². The fourth-order valence-electron chi connectivity index (χ4n) is 2.40. The lowest BCUT2D eigenvalue weighted by Crippen LogP contribution is -2.33. The zero-order valence-corrected chi connectivity index (χ0v) is 13.9. The van der Waals surface area contributed by atoms with Crippen molar-refractivity contribution >= 4 is 33.7 Å². The molecular formula is C17H11BrFNO4. The summed E-state index contributed by atoms with van der Waals surface area (Å²) in [4.78, 5) is 37.3. The number of nitrogens with zero attached hydrogens (tertiary/aromatic N) is 1. The largest absolute Gasteiger partial charge is 0.460 e. The number of fused-ring (bicyclic) bond motifs is 1. The van der Waals surface area contributed by atoms with Gasteiger partial charge in [-0.1, -0.05) is 12.1 Å². The second-order valence-electron chi connectivity index (χ2n) is 5.07. The van der Waals surface area contributed by atoms with E-state index in [1.165, 1.54) is 12.1 Å². The van der Waals surface area contributed by atoms with Gasteiger partial charge in [-0.05, 0) is 46.3 Å². The van der Waals surface area contributed by atoms with Gasteiger partial charge < -0.3 is 4.74 Å². The molecule has 2 aromatic carbocycles. The van der Waals surface area contributed by atoms with Crippen molar-refractivity contribution in [3.63, 3.8) is 0 Å². The molecule has 0 bridgehead atoms. The number of rotatable bonds is 4. The number of benzene rings is 2. The fourth-order valence-corrected chi connectivity index (χ4v) is 2.81. The van der Waals surface area contributed by atoms with Crippen molar-refractivity contribution < 1.29 is 23.5 Å². The minimum atomic E-state index is -0.738. The van der Waals surface area contributed by atoms with Crippen LogP contribution in [-0.4, -0.2) is 35.8 Å². The smallest absolute Gasteiger partial charge is 0.339 e. The molecule has 0 aliphatic carbocycles. The van der Waals surface area contributed by atoms with Crippen LogP contribution in [-0.2, 0) is 4.74 Å². The number of ether oxygens (including phenoxy) is 1. The van der Waals surface area contributed by atoms with Gasteiger partial charge >= 0.3 is 5.97 Å². The molecule has 0 saturated carbocycles. The maximum atomic E-state index is 13.2. The predicted octanol–water partition coefficient (Wildman–Crippen LogP) is 3.04. The van der Waals surface area contributed by atoms with Crippen molar-refractivity contribution in [3.8, 4) is 0 Å². The van der Waals surface area contributed by atoms with Crippen molar-refractivity contribution in [1.82, 2.24) is 4.90 Å². The normalized spacial score (nSPS) is 13.2. The monoisotopic (exact) mass is 391 g/mol. The fraction of sp³-hybridized carbons (Fsp3) is 0.118. The number of hydrogen-bond donors (Lipinski definition) is 0. The van der Waals surface area contributed by atoms with E-state index < -0.39 is 23.6 Å². The van der Waals surface area contributed by atoms with Crippen LogP contribution in [0.1, 0.15) is 31.1 Å². The Morgan fingerprint density at radius 2 is 1.71 bits per heavy atom. The van der Waals surface area contributed by atoms with Crippen LogP contribution in [0.25, 0.3) is 0 Å². The van der Waals surface area contributed by atoms with Gasteiger partial charge in [0.05, 0.1) is 23.2 Å². The number of amides is 2. The standard InChI is InChI=1S/C17H11BrFNO4/c18-14-6-5-10(19)9-13(14)17(23)24-8-7-20-15(21)11-3-1-2-4-12(11)16(20)22/h1-6,9H,7-8H2. The van der Waals surface area contributed by atoms with E-state index in [1.54, 1.807) is 24.3 Å². The summed E-state index contributed by atoms with van der Waals surface area (Å²) in [5, 5.41) is 0. The van der Waals surface area contributed by atoms with Crippen molar-refractivity contribution in [3.05, 3.63) is 69.4 Å². The van der Waals surface area contributed by atoms with Crippen molar-refractivity contribution in [1.29, 1.82) is 0 Å². The first kappa shape index (κ1) is 16.3. The molecule has 122 valence electrons. The number of imide groups is 1. The first-order valence-electron chi connectivity index (χ1n) is 7.06. The molecule has 1 heterocycles. The summed E-state index contributed by atoms with van der Waals surface area (Å²) in [6.45, 7) is -0.238. The summed E-state index contributed by atoms with van der Waals surface area (Å²) in [5.74, 6) is -2.14. The lowest BCUT2D eigenvalue weighted by molar-refractivity contribution is 0.0419. The number of hydrogen-bond acceptors (Lipinski definition) is 4. The van der Waals surface area contributed by atoms with Crippen LogP contribution in [0, 0.1) is 5.82 Å². The van der Waals surface area contributed by atoms with Crippen LogP contribution in [0.4, 0.5) is 4.39 Å². The van der Waals surface area contributed by atoms with Crippen molar-refractivity contribution in [2.45, 2.75) is 0 Å². The van der Waals surface area contributed by atoms with Gasteiger partial charge in [0, 0.05) is 4.47 Å². The molecule has 1 aliphatic rings. The van der Waals surface area contributed by atoms with E-state index in [9.17, 15) is 18.8 Å². The Hall–Kier alpha value is -2.54. The van der Waals surface area contributed by atoms with Gasteiger partial charge in [0.15, 0.2) is 0 Å². The van der Waals surface area contributed by atoms with Crippen LogP contribution in [0.5, 0.6) is 0 Å². The van der Waals surface area contributed by atoms with E-state index >= 15 is 0 Å². The minimum Gasteiger partial charge on any atom is -0.460 e. The highest BCUT2D eigenvalue weighted by molar-refractivity contribution is 9.10. The summed E-state index contributed by atoms with van der Waals surface area (Å²) >= 11 is 3.14. The maximum Gasteiger partial charge on any atom is 0.339 e. The van der Waals surface area contributed by atoms with Gasteiger partial charge in [0.25, 0.3) is 11.8 Å². The Labute approximate surface area is 145 Å². The molecule has 0 aromatic heterocycles. The van der Waals surface area contributed by atoms with Gasteiger partial charge in [0.1, 0.15) is 12.4 Å². The summed E-state index contributed by atoms with van der Waals surface area (Å²) in [5.41, 5.74) is 0.709. The molecule has 24 heavy (non-hydrogen) atoms. The molecule has 0 fully saturated rings. The molecule has 1 aliphatic heterocycles. The molecule has 2 amide bonds. The number of carbonyl (C=O) groups excluding carboxylic acids is 3. The number of halogens is 2. The molecular weight excluding hydrogens is 381 g/mol. The van der Waals surface area contributed by atoms with E-state index in [4.69, 9.17) is 4.74 Å². The number of esters is 1. The van der Waals surface area contributed by atoms with Crippen LogP contribution in [0.2, 0.25) is 0 Å². The lowest BCUT2D eigenvalue weighted by atomic mass is 10.1. The third-order valence-electron chi connectivity index (χ3n) is 3.57. The first-order valence-corrected chi connectivity index (χ1v) is 7.85. The Kier molecular flexibility index (Phi) is 4.44. The summed E-state index contributed by atoms with van der Waals surface area (Å²) in [6, 6.07) is 10.2. The van der Waals surface area contributed by atoms with Gasteiger partial charge in [-0.25, -0.2) is 9.18 Å². The van der Waals surface area contributed by atoms with Gasteiger partial charge in [-0.2, -0.15) is 0 Å². The van der Waals surface area contributed by atoms with E-state index in [0.29, 0.717) is 15.6 Å². The average molecular weight is 392 g/mol. The first-order chi connectivity index (χ1) is 11.5. The highest BCUT2D eigenvalue weighted by atomic mass is 79.9. The van der Waals surface area contributed by atoms with Crippen LogP contribution < -0.4 is 0 Å². The molecule has 2 aromatic rings. The zero-order valence-electron chi connectivity index (χ0n) is 12.3. The molecule has 3 rings (SSSR count). The van der Waals surface area contributed by atoms with Crippen LogP contribution >= 0.6 is 15.9 Å².